The highest BCUT2D eigenvalue weighted by Crippen LogP contribution is 2.24. The molecule has 0 amide bonds. The highest BCUT2D eigenvalue weighted by atomic mass is 79.9. The van der Waals surface area contributed by atoms with Crippen LogP contribution >= 0.6 is 27.5 Å². The summed E-state index contributed by atoms with van der Waals surface area (Å²) in [7, 11) is 2.18. The summed E-state index contributed by atoms with van der Waals surface area (Å²) < 4.78 is 3.33. The third kappa shape index (κ3) is 3.88. The summed E-state index contributed by atoms with van der Waals surface area (Å²) in [4.78, 5) is 7.25. The first-order valence-electron chi connectivity index (χ1n) is 8.85. The summed E-state index contributed by atoms with van der Waals surface area (Å²) in [5, 5.41) is 0.763. The summed E-state index contributed by atoms with van der Waals surface area (Å²) in [6.45, 7) is 3.07. The van der Waals surface area contributed by atoms with Gasteiger partial charge in [-0.2, -0.15) is 0 Å². The lowest BCUT2D eigenvalue weighted by atomic mass is 10.1. The summed E-state index contributed by atoms with van der Waals surface area (Å²) in [6.07, 6.45) is 5.72. The van der Waals surface area contributed by atoms with Crippen molar-refractivity contribution < 1.29 is 0 Å². The Bertz CT molecular complexity index is 946. The van der Waals surface area contributed by atoms with Crippen molar-refractivity contribution in [1.29, 1.82) is 0 Å². The SMILES string of the molecule is CN1CCC(/C=C/c2nc3cc(Br)ccc3n2Cc2ccc(Cl)cc2)C1. The largest absolute Gasteiger partial charge is 0.320 e. The fourth-order valence-corrected chi connectivity index (χ4v) is 4.01. The Morgan fingerprint density at radius 2 is 2.04 bits per heavy atom. The Balaban J connectivity index is 1.70. The van der Waals surface area contributed by atoms with Gasteiger partial charge in [0, 0.05) is 22.6 Å². The molecule has 1 fully saturated rings. The third-order valence-electron chi connectivity index (χ3n) is 4.94. The zero-order valence-electron chi connectivity index (χ0n) is 14.7. The maximum atomic E-state index is 6.03. The molecule has 4 rings (SSSR count). The van der Waals surface area contributed by atoms with Gasteiger partial charge in [0.2, 0.25) is 0 Å². The van der Waals surface area contributed by atoms with Crippen LogP contribution in [-0.2, 0) is 6.54 Å². The van der Waals surface area contributed by atoms with Crippen molar-refractivity contribution in [2.24, 2.45) is 5.92 Å². The van der Waals surface area contributed by atoms with Crippen LogP contribution in [0.5, 0.6) is 0 Å². The van der Waals surface area contributed by atoms with E-state index >= 15 is 0 Å². The Morgan fingerprint density at radius 3 is 2.77 bits per heavy atom. The predicted molar refractivity (Wildman–Crippen MR) is 113 cm³/mol. The summed E-state index contributed by atoms with van der Waals surface area (Å²) >= 11 is 9.59. The van der Waals surface area contributed by atoms with Crippen molar-refractivity contribution >= 4 is 44.6 Å². The van der Waals surface area contributed by atoms with E-state index in [9.17, 15) is 0 Å². The molecule has 1 aliphatic heterocycles. The topological polar surface area (TPSA) is 21.1 Å². The van der Waals surface area contributed by atoms with E-state index in [1.807, 2.05) is 12.1 Å². The molecule has 0 radical (unpaired) electrons. The van der Waals surface area contributed by atoms with E-state index in [1.165, 1.54) is 18.5 Å². The number of hydrogen-bond acceptors (Lipinski definition) is 2. The Morgan fingerprint density at radius 1 is 1.23 bits per heavy atom. The van der Waals surface area contributed by atoms with Gasteiger partial charge in [-0.25, -0.2) is 4.98 Å². The van der Waals surface area contributed by atoms with E-state index in [4.69, 9.17) is 16.6 Å². The zero-order valence-corrected chi connectivity index (χ0v) is 17.0. The van der Waals surface area contributed by atoms with E-state index in [1.54, 1.807) is 0 Å². The summed E-state index contributed by atoms with van der Waals surface area (Å²) in [6, 6.07) is 14.3. The second kappa shape index (κ2) is 7.55. The lowest BCUT2D eigenvalue weighted by Gasteiger charge is -2.09. The van der Waals surface area contributed by atoms with Crippen LogP contribution in [0.4, 0.5) is 0 Å². The lowest BCUT2D eigenvalue weighted by Crippen LogP contribution is -2.13. The number of benzene rings is 2. The molecular formula is C21H21BrClN3. The van der Waals surface area contributed by atoms with Crippen LogP contribution in [0.1, 0.15) is 17.8 Å². The number of likely N-dealkylation sites (tertiary alicyclic amines) is 1. The number of rotatable bonds is 4. The molecule has 2 aromatic carbocycles. The van der Waals surface area contributed by atoms with Gasteiger partial charge >= 0.3 is 0 Å². The fraction of sp³-hybridized carbons (Fsp3) is 0.286. The van der Waals surface area contributed by atoms with Crippen LogP contribution < -0.4 is 0 Å². The Kier molecular flexibility index (Phi) is 5.16. The van der Waals surface area contributed by atoms with Crippen molar-refractivity contribution in [3.63, 3.8) is 0 Å². The molecule has 1 aromatic heterocycles. The monoisotopic (exact) mass is 429 g/mol. The molecule has 0 spiro atoms. The predicted octanol–water partition coefficient (Wildman–Crippen LogP) is 5.47. The normalized spacial score (nSPS) is 18.3. The van der Waals surface area contributed by atoms with E-state index < -0.39 is 0 Å². The van der Waals surface area contributed by atoms with Crippen molar-refractivity contribution in [2.75, 3.05) is 20.1 Å². The molecule has 1 atom stereocenters. The van der Waals surface area contributed by atoms with Gasteiger partial charge in [0.1, 0.15) is 5.82 Å². The number of nitrogens with zero attached hydrogens (tertiary/aromatic N) is 3. The van der Waals surface area contributed by atoms with Crippen molar-refractivity contribution in [3.8, 4) is 0 Å². The molecule has 134 valence electrons. The first kappa shape index (κ1) is 17.8. The maximum Gasteiger partial charge on any atom is 0.133 e. The molecule has 0 saturated carbocycles. The number of aromatic nitrogens is 2. The molecule has 26 heavy (non-hydrogen) atoms. The molecule has 1 unspecified atom stereocenters. The molecule has 0 aliphatic carbocycles. The molecule has 1 aliphatic rings. The number of imidazole rings is 1. The second-order valence-corrected chi connectivity index (χ2v) is 8.34. The van der Waals surface area contributed by atoms with Crippen molar-refractivity contribution in [1.82, 2.24) is 14.5 Å². The Hall–Kier alpha value is -1.62. The fourth-order valence-electron chi connectivity index (χ4n) is 3.54. The second-order valence-electron chi connectivity index (χ2n) is 6.99. The van der Waals surface area contributed by atoms with Gasteiger partial charge in [-0.15, -0.1) is 0 Å². The van der Waals surface area contributed by atoms with E-state index in [-0.39, 0.29) is 0 Å². The minimum absolute atomic E-state index is 0.607. The highest BCUT2D eigenvalue weighted by Gasteiger charge is 2.17. The van der Waals surface area contributed by atoms with Crippen LogP contribution in [0, 0.1) is 5.92 Å². The van der Waals surface area contributed by atoms with Gasteiger partial charge in [-0.1, -0.05) is 45.7 Å². The highest BCUT2D eigenvalue weighted by molar-refractivity contribution is 9.10. The van der Waals surface area contributed by atoms with E-state index in [0.29, 0.717) is 5.92 Å². The molecular weight excluding hydrogens is 410 g/mol. The summed E-state index contributed by atoms with van der Waals surface area (Å²) in [5.74, 6) is 1.61. The molecule has 1 saturated heterocycles. The van der Waals surface area contributed by atoms with Crippen LogP contribution in [0.15, 0.2) is 53.0 Å². The van der Waals surface area contributed by atoms with Gasteiger partial charge in [0.15, 0.2) is 0 Å². The minimum atomic E-state index is 0.607. The van der Waals surface area contributed by atoms with Crippen LogP contribution in [0.3, 0.4) is 0 Å². The summed E-state index contributed by atoms with van der Waals surface area (Å²) in [5.41, 5.74) is 3.37. The number of hydrogen-bond donors (Lipinski definition) is 0. The smallest absolute Gasteiger partial charge is 0.133 e. The Labute approximate surface area is 167 Å². The molecule has 0 N–H and O–H groups in total. The van der Waals surface area contributed by atoms with Gasteiger partial charge < -0.3 is 9.47 Å². The number of fused-ring (bicyclic) bond motifs is 1. The lowest BCUT2D eigenvalue weighted by molar-refractivity contribution is 0.408. The van der Waals surface area contributed by atoms with Gasteiger partial charge in [0.05, 0.1) is 11.0 Å². The quantitative estimate of drug-likeness (QED) is 0.547. The van der Waals surface area contributed by atoms with Gasteiger partial charge in [-0.3, -0.25) is 0 Å². The van der Waals surface area contributed by atoms with E-state index in [0.717, 1.165) is 39.4 Å². The van der Waals surface area contributed by atoms with E-state index in [2.05, 4.69) is 74.9 Å². The third-order valence-corrected chi connectivity index (χ3v) is 5.68. The van der Waals surface area contributed by atoms with Gasteiger partial charge in [0.25, 0.3) is 0 Å². The maximum absolute atomic E-state index is 6.03. The van der Waals surface area contributed by atoms with Crippen LogP contribution in [0.25, 0.3) is 17.1 Å². The van der Waals surface area contributed by atoms with Crippen molar-refractivity contribution in [3.05, 3.63) is 69.4 Å². The number of halogens is 2. The molecule has 5 heteroatoms. The molecule has 0 bridgehead atoms. The molecule has 3 nitrogen and oxygen atoms in total. The molecule has 2 heterocycles. The minimum Gasteiger partial charge on any atom is -0.320 e. The first-order chi connectivity index (χ1) is 12.6. The average molecular weight is 431 g/mol. The zero-order chi connectivity index (χ0) is 18.1. The average Bonchev–Trinajstić information content (AvgIpc) is 3.18. The van der Waals surface area contributed by atoms with Crippen LogP contribution in [0.2, 0.25) is 5.02 Å². The van der Waals surface area contributed by atoms with Crippen molar-refractivity contribution in [2.45, 2.75) is 13.0 Å². The first-order valence-corrected chi connectivity index (χ1v) is 10.0. The van der Waals surface area contributed by atoms with Crippen LogP contribution in [-0.4, -0.2) is 34.6 Å². The van der Waals surface area contributed by atoms with Gasteiger partial charge in [-0.05, 0) is 67.9 Å². The standard InChI is InChI=1S/C21H21BrClN3/c1-25-11-10-16(13-25)4-9-21-24-19-12-17(22)5-8-20(19)26(21)14-15-2-6-18(23)7-3-15/h2-9,12,16H,10-11,13-14H2,1H3/b9-4+. The molecule has 3 aromatic rings.